The second-order valence-corrected chi connectivity index (χ2v) is 14.6. The number of aromatic nitrogens is 3. The normalized spacial score (nSPS) is 23.6. The number of benzene rings is 1. The van der Waals surface area contributed by atoms with Crippen LogP contribution < -0.4 is 9.64 Å². The first-order chi connectivity index (χ1) is 20.1. The molecule has 1 unspecified atom stereocenters. The third kappa shape index (κ3) is 5.24. The van der Waals surface area contributed by atoms with Crippen molar-refractivity contribution in [3.63, 3.8) is 0 Å². The molecule has 2 aliphatic heterocycles. The van der Waals surface area contributed by atoms with E-state index in [1.54, 1.807) is 44.2 Å². The number of nitrogens with zero attached hydrogens (tertiary/aromatic N) is 4. The van der Waals surface area contributed by atoms with E-state index < -0.39 is 44.7 Å². The van der Waals surface area contributed by atoms with E-state index in [1.165, 1.54) is 11.1 Å². The molecule has 43 heavy (non-hydrogen) atoms. The lowest BCUT2D eigenvalue weighted by molar-refractivity contribution is -0.144. The molecular weight excluding hydrogens is 613 g/mol. The Labute approximate surface area is 248 Å². The zero-order chi connectivity index (χ0) is 30.9. The van der Waals surface area contributed by atoms with E-state index in [0.29, 0.717) is 28.8 Å². The van der Waals surface area contributed by atoms with Crippen molar-refractivity contribution in [3.8, 4) is 5.88 Å². The van der Waals surface area contributed by atoms with Crippen LogP contribution in [0.3, 0.4) is 0 Å². The molecule has 2 fully saturated rings. The topological polar surface area (TPSA) is 136 Å². The average molecular weight is 639 g/mol. The first kappa shape index (κ1) is 29.4. The number of alkyl halides is 3. The second kappa shape index (κ2) is 10.2. The van der Waals surface area contributed by atoms with Gasteiger partial charge in [-0.25, -0.2) is 28.2 Å². The molecule has 3 aromatic heterocycles. The van der Waals surface area contributed by atoms with Crippen LogP contribution >= 0.6 is 11.6 Å². The Bertz CT molecular complexity index is 1860. The van der Waals surface area contributed by atoms with Crippen molar-refractivity contribution in [3.05, 3.63) is 52.9 Å². The number of carboxylic acid groups (broad SMARTS) is 1. The predicted molar refractivity (Wildman–Crippen MR) is 151 cm³/mol. The van der Waals surface area contributed by atoms with Crippen molar-refractivity contribution < 1.29 is 40.6 Å². The van der Waals surface area contributed by atoms with Gasteiger partial charge in [0.05, 0.1) is 22.1 Å². The minimum atomic E-state index is -4.90. The molecule has 10 nitrogen and oxygen atoms in total. The zero-order valence-corrected chi connectivity index (χ0v) is 24.5. The van der Waals surface area contributed by atoms with Crippen LogP contribution in [0.1, 0.15) is 50.4 Å². The summed E-state index contributed by atoms with van der Waals surface area (Å²) in [7, 11) is -3.31. The maximum absolute atomic E-state index is 13.9. The second-order valence-electron chi connectivity index (χ2n) is 11.4. The highest BCUT2D eigenvalue weighted by Crippen LogP contribution is 2.44. The summed E-state index contributed by atoms with van der Waals surface area (Å²) in [6.07, 6.45) is -3.84. The summed E-state index contributed by atoms with van der Waals surface area (Å²) < 4.78 is 77.9. The highest BCUT2D eigenvalue weighted by molar-refractivity contribution is 7.92. The molecule has 5 heterocycles. The Morgan fingerprint density at radius 3 is 2.67 bits per heavy atom. The molecule has 0 aliphatic carbocycles. The van der Waals surface area contributed by atoms with Gasteiger partial charge in [0.1, 0.15) is 23.2 Å². The molecule has 0 bridgehead atoms. The fraction of sp³-hybridized carbons (Fsp3) is 0.429. The molecule has 0 saturated carbocycles. The van der Waals surface area contributed by atoms with E-state index in [2.05, 4.69) is 15.0 Å². The summed E-state index contributed by atoms with van der Waals surface area (Å²) in [6, 6.07) is 6.78. The number of aliphatic carboxylic acids is 1. The third-order valence-electron chi connectivity index (χ3n) is 8.15. The van der Waals surface area contributed by atoms with Crippen LogP contribution in [0.5, 0.6) is 5.88 Å². The number of hydrogen-bond acceptors (Lipinski definition) is 9. The van der Waals surface area contributed by atoms with Gasteiger partial charge in [0.15, 0.2) is 21.2 Å². The highest BCUT2D eigenvalue weighted by atomic mass is 35.5. The number of fused-ring (bicyclic) bond motifs is 3. The maximum Gasteiger partial charge on any atom is 0.451 e. The SMILES string of the molecule is CC1(C)CC(c2cc(Cl)cnc2O[C@H]2C[C@@H](C(=O)O)N(c3nc(C(F)(F)F)nc4c3oc3ccccc34)C2)CCS1(=O)=O. The largest absolute Gasteiger partial charge is 0.480 e. The molecule has 0 spiro atoms. The average Bonchev–Trinajstić information content (AvgIpc) is 3.52. The van der Waals surface area contributed by atoms with Crippen LogP contribution in [-0.2, 0) is 20.8 Å². The number of para-hydroxylation sites is 1. The minimum Gasteiger partial charge on any atom is -0.480 e. The Kier molecular flexibility index (Phi) is 6.99. The predicted octanol–water partition coefficient (Wildman–Crippen LogP) is 5.62. The van der Waals surface area contributed by atoms with Gasteiger partial charge in [-0.05, 0) is 50.8 Å². The number of carbonyl (C=O) groups is 1. The fourth-order valence-electron chi connectivity index (χ4n) is 5.90. The Morgan fingerprint density at radius 2 is 1.98 bits per heavy atom. The van der Waals surface area contributed by atoms with E-state index >= 15 is 0 Å². The van der Waals surface area contributed by atoms with Crippen molar-refractivity contribution >= 4 is 55.3 Å². The zero-order valence-electron chi connectivity index (χ0n) is 22.9. The van der Waals surface area contributed by atoms with Crippen LogP contribution in [0.2, 0.25) is 5.02 Å². The van der Waals surface area contributed by atoms with Gasteiger partial charge in [0, 0.05) is 23.6 Å². The van der Waals surface area contributed by atoms with E-state index in [1.807, 2.05) is 0 Å². The van der Waals surface area contributed by atoms with Crippen molar-refractivity contribution in [2.45, 2.75) is 62.1 Å². The summed E-state index contributed by atoms with van der Waals surface area (Å²) in [6.45, 7) is 3.18. The molecule has 1 aromatic carbocycles. The number of halogens is 4. The Hall–Kier alpha value is -3.65. The van der Waals surface area contributed by atoms with Gasteiger partial charge in [-0.15, -0.1) is 0 Å². The van der Waals surface area contributed by atoms with Crippen LogP contribution in [0.4, 0.5) is 19.0 Å². The molecule has 0 amide bonds. The number of pyridine rings is 1. The van der Waals surface area contributed by atoms with Gasteiger partial charge >= 0.3 is 12.1 Å². The van der Waals surface area contributed by atoms with Crippen LogP contribution in [0.25, 0.3) is 22.1 Å². The molecule has 15 heteroatoms. The standard InChI is InChI=1S/C28H26ClF3N4O6S/c1-27(2)11-14(7-8-43(27,39)40)18-9-15(29)12-33-24(18)41-16-10-19(25(37)38)36(13-16)23-22-21(34-26(35-23)28(30,31)32)17-5-3-4-6-20(17)42-22/h3-6,9,12,14,16,19H,7-8,10-11,13H2,1-2H3,(H,37,38)/t14?,16-,19-/m0/s1. The summed E-state index contributed by atoms with van der Waals surface area (Å²) in [5.41, 5.74) is 0.704. The summed E-state index contributed by atoms with van der Waals surface area (Å²) >= 11 is 6.25. The molecule has 3 atom stereocenters. The van der Waals surface area contributed by atoms with Gasteiger partial charge in [-0.3, -0.25) is 0 Å². The Morgan fingerprint density at radius 1 is 1.23 bits per heavy atom. The minimum absolute atomic E-state index is 0.0301. The maximum atomic E-state index is 13.9. The fourth-order valence-corrected chi connectivity index (χ4v) is 7.67. The molecule has 2 saturated heterocycles. The molecule has 1 N–H and O–H groups in total. The third-order valence-corrected chi connectivity index (χ3v) is 11.0. The number of hydrogen-bond donors (Lipinski definition) is 1. The smallest absolute Gasteiger partial charge is 0.451 e. The van der Waals surface area contributed by atoms with Crippen LogP contribution in [0, 0.1) is 0 Å². The Balaban J connectivity index is 1.38. The van der Waals surface area contributed by atoms with E-state index in [4.69, 9.17) is 20.8 Å². The first-order valence-corrected chi connectivity index (χ1v) is 15.5. The van der Waals surface area contributed by atoms with Crippen LogP contribution in [-0.4, -0.2) is 63.6 Å². The summed E-state index contributed by atoms with van der Waals surface area (Å²) in [4.78, 5) is 25.4. The van der Waals surface area contributed by atoms with E-state index in [-0.39, 0.29) is 53.0 Å². The monoisotopic (exact) mass is 638 g/mol. The first-order valence-electron chi connectivity index (χ1n) is 13.4. The summed E-state index contributed by atoms with van der Waals surface area (Å²) in [5.74, 6) is -3.14. The summed E-state index contributed by atoms with van der Waals surface area (Å²) in [5, 5.41) is 10.7. The molecule has 4 aromatic rings. The van der Waals surface area contributed by atoms with Crippen LogP contribution in [0.15, 0.2) is 40.9 Å². The van der Waals surface area contributed by atoms with E-state index in [9.17, 15) is 31.5 Å². The number of rotatable bonds is 5. The molecule has 2 aliphatic rings. The molecule has 6 rings (SSSR count). The van der Waals surface area contributed by atoms with Crippen molar-refractivity contribution in [1.82, 2.24) is 15.0 Å². The van der Waals surface area contributed by atoms with Crippen molar-refractivity contribution in [2.24, 2.45) is 0 Å². The van der Waals surface area contributed by atoms with Gasteiger partial charge in [-0.2, -0.15) is 13.2 Å². The molecule has 0 radical (unpaired) electrons. The van der Waals surface area contributed by atoms with Gasteiger partial charge in [-0.1, -0.05) is 23.7 Å². The quantitative estimate of drug-likeness (QED) is 0.293. The number of ether oxygens (including phenoxy) is 1. The molecule has 228 valence electrons. The lowest BCUT2D eigenvalue weighted by Gasteiger charge is -2.35. The highest BCUT2D eigenvalue weighted by Gasteiger charge is 2.45. The van der Waals surface area contributed by atoms with Gasteiger partial charge in [0.25, 0.3) is 0 Å². The van der Waals surface area contributed by atoms with Crippen molar-refractivity contribution in [1.29, 1.82) is 0 Å². The lowest BCUT2D eigenvalue weighted by Crippen LogP contribution is -2.40. The number of anilines is 1. The van der Waals surface area contributed by atoms with Crippen molar-refractivity contribution in [2.75, 3.05) is 17.2 Å². The number of furan rings is 1. The van der Waals surface area contributed by atoms with Gasteiger partial charge in [0.2, 0.25) is 11.7 Å². The number of sulfone groups is 1. The lowest BCUT2D eigenvalue weighted by atomic mass is 9.87. The number of carboxylic acids is 1. The van der Waals surface area contributed by atoms with Gasteiger partial charge < -0.3 is 19.2 Å². The van der Waals surface area contributed by atoms with E-state index in [0.717, 1.165) is 0 Å². The molecular formula is C28H26ClF3N4O6S.